The molecule has 1 aliphatic carbocycles. The van der Waals surface area contributed by atoms with Gasteiger partial charge in [-0.05, 0) is 71.9 Å². The van der Waals surface area contributed by atoms with Gasteiger partial charge in [-0.25, -0.2) is 0 Å². The topological polar surface area (TPSA) is 26.7 Å². The Labute approximate surface area is 107 Å². The Morgan fingerprint density at radius 1 is 1.12 bits per heavy atom. The molecule has 0 bridgehead atoms. The fourth-order valence-corrected chi connectivity index (χ4v) is 2.74. The Bertz CT molecular complexity index is 197. The highest BCUT2D eigenvalue weighted by Crippen LogP contribution is 2.28. The summed E-state index contributed by atoms with van der Waals surface area (Å²) in [5, 5.41) is 9.80. The van der Waals surface area contributed by atoms with Gasteiger partial charge in [-0.15, -0.1) is 0 Å². The zero-order valence-corrected chi connectivity index (χ0v) is 11.9. The van der Waals surface area contributed by atoms with E-state index in [4.69, 9.17) is 0 Å². The molecule has 102 valence electrons. The van der Waals surface area contributed by atoms with Crippen LogP contribution in [0.3, 0.4) is 0 Å². The first-order chi connectivity index (χ1) is 8.13. The lowest BCUT2D eigenvalue weighted by molar-refractivity contribution is 0.118. The molecule has 0 aliphatic heterocycles. The Morgan fingerprint density at radius 2 is 1.88 bits per heavy atom. The third-order valence-electron chi connectivity index (χ3n) is 3.96. The number of nitrogens with zero attached hydrogens (tertiary/aromatic N) is 2. The van der Waals surface area contributed by atoms with Crippen LogP contribution in [0.15, 0.2) is 0 Å². The van der Waals surface area contributed by atoms with Crippen LogP contribution < -0.4 is 0 Å². The van der Waals surface area contributed by atoms with Gasteiger partial charge in [0.2, 0.25) is 0 Å². The first-order valence-electron chi connectivity index (χ1n) is 7.18. The van der Waals surface area contributed by atoms with Crippen LogP contribution in [0.5, 0.6) is 0 Å². The molecule has 0 saturated heterocycles. The van der Waals surface area contributed by atoms with Crippen LogP contribution in [0.4, 0.5) is 0 Å². The van der Waals surface area contributed by atoms with Gasteiger partial charge in [0.25, 0.3) is 0 Å². The van der Waals surface area contributed by atoms with Crippen LogP contribution in [0.25, 0.3) is 0 Å². The minimum atomic E-state index is -0.0181. The predicted molar refractivity (Wildman–Crippen MR) is 73.2 cm³/mol. The van der Waals surface area contributed by atoms with Gasteiger partial charge in [0.1, 0.15) is 0 Å². The lowest BCUT2D eigenvalue weighted by atomic mass is 10.0. The van der Waals surface area contributed by atoms with E-state index in [1.807, 2.05) is 0 Å². The zero-order chi connectivity index (χ0) is 12.7. The van der Waals surface area contributed by atoms with Crippen LogP contribution in [0.1, 0.15) is 39.0 Å². The number of aliphatic hydroxyl groups is 1. The van der Waals surface area contributed by atoms with Crippen LogP contribution in [-0.2, 0) is 0 Å². The number of hydrogen-bond acceptors (Lipinski definition) is 3. The van der Waals surface area contributed by atoms with Crippen molar-refractivity contribution >= 4 is 0 Å². The largest absolute Gasteiger partial charge is 0.393 e. The molecule has 17 heavy (non-hydrogen) atoms. The second-order valence-electron chi connectivity index (χ2n) is 5.64. The second-order valence-corrected chi connectivity index (χ2v) is 5.64. The molecule has 1 N–H and O–H groups in total. The molecule has 2 unspecified atom stereocenters. The standard InChI is InChI=1S/C14H30N2O/c1-4-16(11-6-10-15(2)3)12-9-13-7-5-8-14(13)17/h13-14,17H,4-12H2,1-3H3. The van der Waals surface area contributed by atoms with Crippen molar-refractivity contribution in [3.8, 4) is 0 Å². The normalized spacial score (nSPS) is 25.1. The first-order valence-corrected chi connectivity index (χ1v) is 7.18. The summed E-state index contributed by atoms with van der Waals surface area (Å²) in [4.78, 5) is 4.77. The van der Waals surface area contributed by atoms with Gasteiger partial charge in [-0.2, -0.15) is 0 Å². The molecule has 1 rings (SSSR count). The summed E-state index contributed by atoms with van der Waals surface area (Å²) in [5.41, 5.74) is 0. The molecule has 0 amide bonds. The minimum absolute atomic E-state index is 0.0181. The molecule has 0 spiro atoms. The molecular weight excluding hydrogens is 212 g/mol. The van der Waals surface area contributed by atoms with E-state index in [0.29, 0.717) is 5.92 Å². The molecule has 0 aromatic rings. The Balaban J connectivity index is 2.13. The van der Waals surface area contributed by atoms with Gasteiger partial charge >= 0.3 is 0 Å². The van der Waals surface area contributed by atoms with Gasteiger partial charge in [0.15, 0.2) is 0 Å². The van der Waals surface area contributed by atoms with Crippen molar-refractivity contribution < 1.29 is 5.11 Å². The van der Waals surface area contributed by atoms with E-state index in [2.05, 4.69) is 30.8 Å². The lowest BCUT2D eigenvalue weighted by Crippen LogP contribution is -2.30. The van der Waals surface area contributed by atoms with Crippen molar-refractivity contribution in [3.05, 3.63) is 0 Å². The Kier molecular flexibility index (Phi) is 7.09. The highest BCUT2D eigenvalue weighted by atomic mass is 16.3. The van der Waals surface area contributed by atoms with E-state index >= 15 is 0 Å². The highest BCUT2D eigenvalue weighted by Gasteiger charge is 2.24. The third-order valence-corrected chi connectivity index (χ3v) is 3.96. The maximum Gasteiger partial charge on any atom is 0.0568 e. The van der Waals surface area contributed by atoms with Crippen LogP contribution in [0.2, 0.25) is 0 Å². The molecule has 2 atom stereocenters. The zero-order valence-electron chi connectivity index (χ0n) is 11.9. The van der Waals surface area contributed by atoms with E-state index in [9.17, 15) is 5.11 Å². The minimum Gasteiger partial charge on any atom is -0.393 e. The van der Waals surface area contributed by atoms with Gasteiger partial charge in [-0.1, -0.05) is 13.3 Å². The van der Waals surface area contributed by atoms with Gasteiger partial charge in [-0.3, -0.25) is 0 Å². The molecule has 1 saturated carbocycles. The van der Waals surface area contributed by atoms with E-state index in [-0.39, 0.29) is 6.10 Å². The summed E-state index contributed by atoms with van der Waals surface area (Å²) in [6, 6.07) is 0. The lowest BCUT2D eigenvalue weighted by Gasteiger charge is -2.24. The molecule has 0 aromatic heterocycles. The maximum absolute atomic E-state index is 9.80. The fraction of sp³-hybridized carbons (Fsp3) is 1.00. The number of aliphatic hydroxyl groups excluding tert-OH is 1. The molecule has 1 aliphatic rings. The van der Waals surface area contributed by atoms with Crippen LogP contribution in [-0.4, -0.2) is 61.3 Å². The highest BCUT2D eigenvalue weighted by molar-refractivity contribution is 4.77. The van der Waals surface area contributed by atoms with Gasteiger partial charge in [0.05, 0.1) is 6.10 Å². The SMILES string of the molecule is CCN(CCCN(C)C)CCC1CCCC1O. The average Bonchev–Trinajstić information content (AvgIpc) is 2.68. The second kappa shape index (κ2) is 8.06. The summed E-state index contributed by atoms with van der Waals surface area (Å²) >= 11 is 0. The van der Waals surface area contributed by atoms with E-state index in [1.165, 1.54) is 38.8 Å². The first kappa shape index (κ1) is 14.9. The van der Waals surface area contributed by atoms with Crippen molar-refractivity contribution in [2.24, 2.45) is 5.92 Å². The predicted octanol–water partition coefficient (Wildman–Crippen LogP) is 1.81. The molecule has 3 nitrogen and oxygen atoms in total. The van der Waals surface area contributed by atoms with Crippen molar-refractivity contribution in [2.45, 2.75) is 45.1 Å². The summed E-state index contributed by atoms with van der Waals surface area (Å²) in [7, 11) is 4.26. The van der Waals surface area contributed by atoms with Gasteiger partial charge < -0.3 is 14.9 Å². The van der Waals surface area contributed by atoms with Gasteiger partial charge in [0, 0.05) is 0 Å². The maximum atomic E-state index is 9.80. The van der Waals surface area contributed by atoms with Crippen LogP contribution >= 0.6 is 0 Å². The van der Waals surface area contributed by atoms with Crippen molar-refractivity contribution in [1.29, 1.82) is 0 Å². The molecular formula is C14H30N2O. The summed E-state index contributed by atoms with van der Waals surface area (Å²) in [6.07, 6.45) is 5.88. The average molecular weight is 242 g/mol. The van der Waals surface area contributed by atoms with E-state index in [0.717, 1.165) is 19.5 Å². The van der Waals surface area contributed by atoms with Crippen molar-refractivity contribution in [1.82, 2.24) is 9.80 Å². The van der Waals surface area contributed by atoms with Crippen molar-refractivity contribution in [2.75, 3.05) is 40.3 Å². The molecule has 3 heteroatoms. The molecule has 0 radical (unpaired) electrons. The smallest absolute Gasteiger partial charge is 0.0568 e. The number of hydrogen-bond donors (Lipinski definition) is 1. The van der Waals surface area contributed by atoms with Crippen molar-refractivity contribution in [3.63, 3.8) is 0 Å². The molecule has 0 heterocycles. The summed E-state index contributed by atoms with van der Waals surface area (Å²) in [5.74, 6) is 0.567. The fourth-order valence-electron chi connectivity index (χ4n) is 2.74. The quantitative estimate of drug-likeness (QED) is 0.703. The Hall–Kier alpha value is -0.120. The van der Waals surface area contributed by atoms with Crippen LogP contribution in [0, 0.1) is 5.92 Å². The summed E-state index contributed by atoms with van der Waals surface area (Å²) in [6.45, 7) is 6.89. The molecule has 1 fully saturated rings. The third kappa shape index (κ3) is 5.84. The van der Waals surface area contributed by atoms with E-state index in [1.54, 1.807) is 0 Å². The number of rotatable bonds is 8. The van der Waals surface area contributed by atoms with E-state index < -0.39 is 0 Å². The Morgan fingerprint density at radius 3 is 2.41 bits per heavy atom. The molecule has 0 aromatic carbocycles. The monoisotopic (exact) mass is 242 g/mol. The summed E-state index contributed by atoms with van der Waals surface area (Å²) < 4.78 is 0.